The molecule has 3 heteroatoms. The highest BCUT2D eigenvalue weighted by molar-refractivity contribution is 4.91. The van der Waals surface area contributed by atoms with Crippen LogP contribution < -0.4 is 5.32 Å². The summed E-state index contributed by atoms with van der Waals surface area (Å²) in [6.07, 6.45) is 6.92. The first-order chi connectivity index (χ1) is 7.77. The van der Waals surface area contributed by atoms with Gasteiger partial charge in [0.2, 0.25) is 0 Å². The monoisotopic (exact) mass is 225 g/mol. The van der Waals surface area contributed by atoms with Gasteiger partial charge in [-0.1, -0.05) is 0 Å². The number of nitrogens with zero attached hydrogens (tertiary/aromatic N) is 2. The molecule has 16 heavy (non-hydrogen) atoms. The van der Waals surface area contributed by atoms with E-state index in [4.69, 9.17) is 0 Å². The molecule has 1 N–H and O–H groups in total. The average Bonchev–Trinajstić information content (AvgIpc) is 2.84. The Kier molecular flexibility index (Phi) is 4.62. The van der Waals surface area contributed by atoms with Crippen molar-refractivity contribution < 1.29 is 0 Å². The van der Waals surface area contributed by atoms with Gasteiger partial charge in [-0.15, -0.1) is 0 Å². The van der Waals surface area contributed by atoms with E-state index >= 15 is 0 Å². The Morgan fingerprint density at radius 3 is 2.81 bits per heavy atom. The lowest BCUT2D eigenvalue weighted by Gasteiger charge is -2.29. The molecular formula is C13H27N3. The lowest BCUT2D eigenvalue weighted by atomic mass is 10.0. The molecule has 0 aromatic carbocycles. The van der Waals surface area contributed by atoms with Crippen LogP contribution in [-0.2, 0) is 0 Å². The van der Waals surface area contributed by atoms with Crippen molar-refractivity contribution in [2.75, 3.05) is 40.3 Å². The van der Waals surface area contributed by atoms with Gasteiger partial charge in [0, 0.05) is 12.1 Å². The largest absolute Gasteiger partial charge is 0.312 e. The highest BCUT2D eigenvalue weighted by atomic mass is 15.2. The lowest BCUT2D eigenvalue weighted by Crippen LogP contribution is -2.44. The second kappa shape index (κ2) is 5.99. The highest BCUT2D eigenvalue weighted by Crippen LogP contribution is 2.24. The van der Waals surface area contributed by atoms with E-state index in [0.717, 1.165) is 12.1 Å². The topological polar surface area (TPSA) is 18.5 Å². The summed E-state index contributed by atoms with van der Waals surface area (Å²) in [5.41, 5.74) is 0. The van der Waals surface area contributed by atoms with Crippen LogP contribution in [0.25, 0.3) is 0 Å². The van der Waals surface area contributed by atoms with E-state index in [1.807, 2.05) is 0 Å². The van der Waals surface area contributed by atoms with E-state index in [2.05, 4.69) is 29.2 Å². The quantitative estimate of drug-likeness (QED) is 0.757. The van der Waals surface area contributed by atoms with Gasteiger partial charge in [0.1, 0.15) is 0 Å². The van der Waals surface area contributed by atoms with Gasteiger partial charge < -0.3 is 10.2 Å². The minimum Gasteiger partial charge on any atom is -0.312 e. The van der Waals surface area contributed by atoms with Gasteiger partial charge in [-0.05, 0) is 72.4 Å². The standard InChI is InChI=1S/C13H27N3/c1-15(2)9-5-11-16-10-4-7-13(16)12-6-3-8-14-12/h12-14H,3-11H2,1-2H3. The van der Waals surface area contributed by atoms with Crippen molar-refractivity contribution in [2.45, 2.75) is 44.2 Å². The molecule has 2 saturated heterocycles. The lowest BCUT2D eigenvalue weighted by molar-refractivity contribution is 0.204. The summed E-state index contributed by atoms with van der Waals surface area (Å²) in [5, 5.41) is 3.68. The molecule has 2 heterocycles. The summed E-state index contributed by atoms with van der Waals surface area (Å²) in [7, 11) is 4.33. The van der Waals surface area contributed by atoms with E-state index in [0.29, 0.717) is 0 Å². The predicted molar refractivity (Wildman–Crippen MR) is 68.8 cm³/mol. The number of likely N-dealkylation sites (tertiary alicyclic amines) is 1. The summed E-state index contributed by atoms with van der Waals surface area (Å²) >= 11 is 0. The molecule has 0 spiro atoms. The summed E-state index contributed by atoms with van der Waals surface area (Å²) in [6.45, 7) is 5.09. The molecule has 94 valence electrons. The average molecular weight is 225 g/mol. The molecule has 0 aromatic heterocycles. The number of nitrogens with one attached hydrogen (secondary N) is 1. The molecule has 0 saturated carbocycles. The predicted octanol–water partition coefficient (Wildman–Crippen LogP) is 1.15. The SMILES string of the molecule is CN(C)CCCN1CCCC1C1CCCN1. The third-order valence-corrected chi connectivity index (χ3v) is 4.03. The molecule has 2 aliphatic heterocycles. The van der Waals surface area contributed by atoms with E-state index < -0.39 is 0 Å². The van der Waals surface area contributed by atoms with Crippen molar-refractivity contribution in [3.63, 3.8) is 0 Å². The van der Waals surface area contributed by atoms with Gasteiger partial charge in [0.05, 0.1) is 0 Å². The van der Waals surface area contributed by atoms with Crippen LogP contribution in [0.5, 0.6) is 0 Å². The fourth-order valence-corrected chi connectivity index (χ4v) is 3.22. The van der Waals surface area contributed by atoms with Gasteiger partial charge in [-0.2, -0.15) is 0 Å². The summed E-state index contributed by atoms with van der Waals surface area (Å²) in [6, 6.07) is 1.63. The van der Waals surface area contributed by atoms with Crippen molar-refractivity contribution in [1.82, 2.24) is 15.1 Å². The molecule has 2 unspecified atom stereocenters. The highest BCUT2D eigenvalue weighted by Gasteiger charge is 2.32. The molecule has 2 atom stereocenters. The van der Waals surface area contributed by atoms with Crippen molar-refractivity contribution in [3.05, 3.63) is 0 Å². The van der Waals surface area contributed by atoms with Crippen molar-refractivity contribution in [2.24, 2.45) is 0 Å². The van der Waals surface area contributed by atoms with Crippen LogP contribution in [0.4, 0.5) is 0 Å². The minimum atomic E-state index is 0.793. The van der Waals surface area contributed by atoms with Gasteiger partial charge in [0.15, 0.2) is 0 Å². The second-order valence-electron chi connectivity index (χ2n) is 5.61. The minimum absolute atomic E-state index is 0.793. The van der Waals surface area contributed by atoms with Crippen LogP contribution in [-0.4, -0.2) is 62.2 Å². The maximum Gasteiger partial charge on any atom is 0.0249 e. The third-order valence-electron chi connectivity index (χ3n) is 4.03. The first-order valence-corrected chi connectivity index (χ1v) is 6.89. The first-order valence-electron chi connectivity index (χ1n) is 6.89. The molecule has 0 aromatic rings. The van der Waals surface area contributed by atoms with Crippen molar-refractivity contribution in [3.8, 4) is 0 Å². The van der Waals surface area contributed by atoms with E-state index in [9.17, 15) is 0 Å². The zero-order valence-electron chi connectivity index (χ0n) is 10.9. The van der Waals surface area contributed by atoms with Gasteiger partial charge in [0.25, 0.3) is 0 Å². The Hall–Kier alpha value is -0.120. The molecule has 2 fully saturated rings. The van der Waals surface area contributed by atoms with Crippen LogP contribution >= 0.6 is 0 Å². The first kappa shape index (κ1) is 12.3. The molecule has 2 rings (SSSR count). The summed E-state index contributed by atoms with van der Waals surface area (Å²) in [4.78, 5) is 5.02. The van der Waals surface area contributed by atoms with E-state index in [1.165, 1.54) is 58.3 Å². The molecular weight excluding hydrogens is 198 g/mol. The van der Waals surface area contributed by atoms with Crippen LogP contribution in [0.15, 0.2) is 0 Å². The zero-order valence-corrected chi connectivity index (χ0v) is 10.9. The summed E-state index contributed by atoms with van der Waals surface area (Å²) < 4.78 is 0. The molecule has 0 aliphatic carbocycles. The van der Waals surface area contributed by atoms with Crippen LogP contribution in [0.2, 0.25) is 0 Å². The molecule has 2 aliphatic rings. The molecule has 0 amide bonds. The van der Waals surface area contributed by atoms with Crippen LogP contribution in [0.3, 0.4) is 0 Å². The third kappa shape index (κ3) is 3.19. The fraction of sp³-hybridized carbons (Fsp3) is 1.00. The molecule has 3 nitrogen and oxygen atoms in total. The second-order valence-corrected chi connectivity index (χ2v) is 5.61. The van der Waals surface area contributed by atoms with E-state index in [-0.39, 0.29) is 0 Å². The van der Waals surface area contributed by atoms with Gasteiger partial charge in [-0.25, -0.2) is 0 Å². The Morgan fingerprint density at radius 1 is 1.25 bits per heavy atom. The number of hydrogen-bond donors (Lipinski definition) is 1. The maximum atomic E-state index is 3.68. The molecule has 0 radical (unpaired) electrons. The fourth-order valence-electron chi connectivity index (χ4n) is 3.22. The Morgan fingerprint density at radius 2 is 2.12 bits per heavy atom. The van der Waals surface area contributed by atoms with Crippen molar-refractivity contribution in [1.29, 1.82) is 0 Å². The smallest absolute Gasteiger partial charge is 0.0249 e. The van der Waals surface area contributed by atoms with E-state index in [1.54, 1.807) is 0 Å². The van der Waals surface area contributed by atoms with Crippen LogP contribution in [0.1, 0.15) is 32.1 Å². The number of hydrogen-bond acceptors (Lipinski definition) is 3. The van der Waals surface area contributed by atoms with Crippen molar-refractivity contribution >= 4 is 0 Å². The summed E-state index contributed by atoms with van der Waals surface area (Å²) in [5.74, 6) is 0. The normalized spacial score (nSPS) is 31.7. The van der Waals surface area contributed by atoms with Gasteiger partial charge in [-0.3, -0.25) is 4.90 Å². The Balaban J connectivity index is 1.74. The van der Waals surface area contributed by atoms with Gasteiger partial charge >= 0.3 is 0 Å². The Labute approximate surface area is 100 Å². The Bertz CT molecular complexity index is 199. The molecule has 0 bridgehead atoms. The number of rotatable bonds is 5. The van der Waals surface area contributed by atoms with Crippen LogP contribution in [0, 0.1) is 0 Å². The zero-order chi connectivity index (χ0) is 11.4. The maximum absolute atomic E-state index is 3.68.